The van der Waals surface area contributed by atoms with Crippen LogP contribution in [0.5, 0.6) is 0 Å². The number of nitrogens with zero attached hydrogens (tertiary/aromatic N) is 3. The van der Waals surface area contributed by atoms with E-state index in [1.165, 1.54) is 12.0 Å². The molecule has 7 heteroatoms. The smallest absolute Gasteiger partial charge is 0.396 e. The van der Waals surface area contributed by atoms with Crippen molar-refractivity contribution in [1.82, 2.24) is 14.9 Å². The number of pyridine rings is 1. The zero-order chi connectivity index (χ0) is 17.8. The number of hydrogen-bond donors (Lipinski definition) is 0. The summed E-state index contributed by atoms with van der Waals surface area (Å²) in [6.45, 7) is 2.16. The Kier molecular flexibility index (Phi) is 5.04. The summed E-state index contributed by atoms with van der Waals surface area (Å²) >= 11 is 1.56. The van der Waals surface area contributed by atoms with E-state index in [4.69, 9.17) is 0 Å². The third-order valence-corrected chi connectivity index (χ3v) is 4.83. The molecule has 0 N–H and O–H groups in total. The molecule has 0 saturated heterocycles. The zero-order valence-electron chi connectivity index (χ0n) is 13.9. The second-order valence-electron chi connectivity index (χ2n) is 5.54. The summed E-state index contributed by atoms with van der Waals surface area (Å²) in [6.07, 6.45) is 3.32. The molecule has 0 aliphatic carbocycles. The molecule has 0 fully saturated rings. The lowest BCUT2D eigenvalue weighted by Crippen LogP contribution is -2.38. The number of amides is 1. The quantitative estimate of drug-likeness (QED) is 0.531. The van der Waals surface area contributed by atoms with Gasteiger partial charge in [0.15, 0.2) is 0 Å². The van der Waals surface area contributed by atoms with E-state index >= 15 is 0 Å². The van der Waals surface area contributed by atoms with Crippen molar-refractivity contribution in [2.24, 2.45) is 0 Å². The molecule has 25 heavy (non-hydrogen) atoms. The standard InChI is InChI=1S/C18H17N3O3S/c1-12(14-5-7-19-8-6-14)21(17(22)18(23)24-2)10-13-3-4-16-15(9-13)20-11-25-16/h3-9,11-12H,10H2,1-2H3. The molecule has 1 amide bonds. The highest BCUT2D eigenvalue weighted by Crippen LogP contribution is 2.25. The highest BCUT2D eigenvalue weighted by atomic mass is 32.1. The topological polar surface area (TPSA) is 72.4 Å². The van der Waals surface area contributed by atoms with Crippen LogP contribution >= 0.6 is 11.3 Å². The summed E-state index contributed by atoms with van der Waals surface area (Å²) in [5, 5.41) is 0. The molecule has 6 nitrogen and oxygen atoms in total. The van der Waals surface area contributed by atoms with Gasteiger partial charge in [0.2, 0.25) is 0 Å². The fourth-order valence-electron chi connectivity index (χ4n) is 2.61. The average Bonchev–Trinajstić information content (AvgIpc) is 3.13. The molecule has 1 aromatic carbocycles. The fraction of sp³-hybridized carbons (Fsp3) is 0.222. The maximum atomic E-state index is 12.5. The number of rotatable bonds is 4. The summed E-state index contributed by atoms with van der Waals surface area (Å²) in [4.78, 5) is 34.1. The van der Waals surface area contributed by atoms with Crippen LogP contribution in [0.25, 0.3) is 10.2 Å². The molecule has 0 aliphatic rings. The van der Waals surface area contributed by atoms with E-state index in [-0.39, 0.29) is 12.6 Å². The van der Waals surface area contributed by atoms with E-state index in [0.29, 0.717) is 0 Å². The van der Waals surface area contributed by atoms with Gasteiger partial charge in [-0.15, -0.1) is 11.3 Å². The number of ether oxygens (including phenoxy) is 1. The van der Waals surface area contributed by atoms with Crippen LogP contribution in [-0.2, 0) is 20.9 Å². The van der Waals surface area contributed by atoms with Crippen molar-refractivity contribution >= 4 is 33.4 Å². The van der Waals surface area contributed by atoms with Crippen molar-refractivity contribution in [1.29, 1.82) is 0 Å². The lowest BCUT2D eigenvalue weighted by atomic mass is 10.1. The first-order valence-electron chi connectivity index (χ1n) is 7.71. The van der Waals surface area contributed by atoms with Gasteiger partial charge in [-0.25, -0.2) is 9.78 Å². The molecule has 1 unspecified atom stereocenters. The predicted molar refractivity (Wildman–Crippen MR) is 94.8 cm³/mol. The van der Waals surface area contributed by atoms with Crippen molar-refractivity contribution in [3.05, 3.63) is 59.4 Å². The number of aromatic nitrogens is 2. The van der Waals surface area contributed by atoms with Gasteiger partial charge in [0.1, 0.15) is 0 Å². The number of methoxy groups -OCH3 is 1. The Bertz CT molecular complexity index is 895. The molecule has 3 rings (SSSR count). The SMILES string of the molecule is COC(=O)C(=O)N(Cc1ccc2scnc2c1)C(C)c1ccncc1. The van der Waals surface area contributed by atoms with Crippen LogP contribution in [0.2, 0.25) is 0 Å². The maximum absolute atomic E-state index is 12.5. The van der Waals surface area contributed by atoms with Crippen LogP contribution in [0.1, 0.15) is 24.1 Å². The van der Waals surface area contributed by atoms with E-state index in [9.17, 15) is 9.59 Å². The summed E-state index contributed by atoms with van der Waals surface area (Å²) in [5.74, 6) is -1.55. The lowest BCUT2D eigenvalue weighted by molar-refractivity contribution is -0.159. The molecule has 2 aromatic heterocycles. The van der Waals surface area contributed by atoms with Gasteiger partial charge in [-0.05, 0) is 42.3 Å². The number of esters is 1. The summed E-state index contributed by atoms with van der Waals surface area (Å²) in [5.41, 5.74) is 4.45. The number of thiazole rings is 1. The number of hydrogen-bond acceptors (Lipinski definition) is 6. The van der Waals surface area contributed by atoms with E-state index < -0.39 is 11.9 Å². The van der Waals surface area contributed by atoms with Crippen molar-refractivity contribution < 1.29 is 14.3 Å². The van der Waals surface area contributed by atoms with Crippen LogP contribution in [0.4, 0.5) is 0 Å². The third kappa shape index (κ3) is 3.66. The van der Waals surface area contributed by atoms with Gasteiger partial charge < -0.3 is 9.64 Å². The molecule has 0 radical (unpaired) electrons. The van der Waals surface area contributed by atoms with Gasteiger partial charge in [0.25, 0.3) is 0 Å². The van der Waals surface area contributed by atoms with E-state index in [1.807, 2.05) is 37.3 Å². The Morgan fingerprint density at radius 1 is 1.24 bits per heavy atom. The van der Waals surface area contributed by atoms with Gasteiger partial charge in [-0.2, -0.15) is 0 Å². The molecule has 0 bridgehead atoms. The Morgan fingerprint density at radius 3 is 2.72 bits per heavy atom. The van der Waals surface area contributed by atoms with Crippen LogP contribution < -0.4 is 0 Å². The molecule has 0 aliphatic heterocycles. The molecule has 0 saturated carbocycles. The number of carbonyl (C=O) groups is 2. The van der Waals surface area contributed by atoms with E-state index in [2.05, 4.69) is 14.7 Å². The zero-order valence-corrected chi connectivity index (χ0v) is 14.7. The maximum Gasteiger partial charge on any atom is 0.396 e. The molecule has 128 valence electrons. The number of carbonyl (C=O) groups excluding carboxylic acids is 2. The Labute approximate surface area is 149 Å². The normalized spacial score (nSPS) is 11.9. The van der Waals surface area contributed by atoms with Crippen LogP contribution in [0.3, 0.4) is 0 Å². The molecule has 3 aromatic rings. The first-order valence-corrected chi connectivity index (χ1v) is 8.59. The second kappa shape index (κ2) is 7.40. The van der Waals surface area contributed by atoms with E-state index in [0.717, 1.165) is 21.3 Å². The summed E-state index contributed by atoms with van der Waals surface area (Å²) in [6, 6.07) is 9.19. The lowest BCUT2D eigenvalue weighted by Gasteiger charge is -2.28. The number of fused-ring (bicyclic) bond motifs is 1. The molecular weight excluding hydrogens is 338 g/mol. The van der Waals surface area contributed by atoms with Crippen molar-refractivity contribution in [2.75, 3.05) is 7.11 Å². The monoisotopic (exact) mass is 355 g/mol. The summed E-state index contributed by atoms with van der Waals surface area (Å²) in [7, 11) is 1.21. The predicted octanol–water partition coefficient (Wildman–Crippen LogP) is 2.95. The van der Waals surface area contributed by atoms with Crippen LogP contribution in [0, 0.1) is 0 Å². The minimum Gasteiger partial charge on any atom is -0.462 e. The van der Waals surface area contributed by atoms with Gasteiger partial charge in [0.05, 0.1) is 28.9 Å². The van der Waals surface area contributed by atoms with Gasteiger partial charge >= 0.3 is 11.9 Å². The average molecular weight is 355 g/mol. The Balaban J connectivity index is 1.92. The first-order chi connectivity index (χ1) is 12.1. The molecule has 1 atom stereocenters. The van der Waals surface area contributed by atoms with Gasteiger partial charge in [-0.1, -0.05) is 6.07 Å². The Hall–Kier alpha value is -2.80. The van der Waals surface area contributed by atoms with Gasteiger partial charge in [0, 0.05) is 18.9 Å². The second-order valence-corrected chi connectivity index (χ2v) is 6.42. The van der Waals surface area contributed by atoms with Crippen LogP contribution in [0.15, 0.2) is 48.2 Å². The minimum absolute atomic E-state index is 0.283. The molecular formula is C18H17N3O3S. The minimum atomic E-state index is -0.879. The highest BCUT2D eigenvalue weighted by Gasteiger charge is 2.28. The number of benzene rings is 1. The third-order valence-electron chi connectivity index (χ3n) is 4.02. The highest BCUT2D eigenvalue weighted by molar-refractivity contribution is 7.16. The molecule has 2 heterocycles. The summed E-state index contributed by atoms with van der Waals surface area (Å²) < 4.78 is 5.70. The molecule has 0 spiro atoms. The van der Waals surface area contributed by atoms with Crippen LogP contribution in [-0.4, -0.2) is 33.9 Å². The van der Waals surface area contributed by atoms with Gasteiger partial charge in [-0.3, -0.25) is 9.78 Å². The van der Waals surface area contributed by atoms with Crippen molar-refractivity contribution in [2.45, 2.75) is 19.5 Å². The van der Waals surface area contributed by atoms with Crippen molar-refractivity contribution in [3.63, 3.8) is 0 Å². The van der Waals surface area contributed by atoms with E-state index in [1.54, 1.807) is 29.2 Å². The first kappa shape index (κ1) is 17.0. The fourth-order valence-corrected chi connectivity index (χ4v) is 3.27. The Morgan fingerprint density at radius 2 is 2.00 bits per heavy atom. The largest absolute Gasteiger partial charge is 0.462 e. The van der Waals surface area contributed by atoms with Crippen molar-refractivity contribution in [3.8, 4) is 0 Å².